The topological polar surface area (TPSA) is 107 Å². The molecule has 102 valence electrons. The van der Waals surface area contributed by atoms with E-state index in [-0.39, 0.29) is 17.7 Å². The Morgan fingerprint density at radius 2 is 1.95 bits per heavy atom. The maximum Gasteiger partial charge on any atom is 0.338 e. The number of ether oxygens (including phenoxy) is 1. The largest absolute Gasteiger partial charge is 0.478 e. The second-order valence-electron chi connectivity index (χ2n) is 3.82. The Balaban J connectivity index is 3.02. The molecular formula is C12H13NO6. The van der Waals surface area contributed by atoms with Crippen LogP contribution in [0.5, 0.6) is 0 Å². The average molecular weight is 267 g/mol. The first-order valence-electron chi connectivity index (χ1n) is 5.65. The molecule has 0 spiro atoms. The molecule has 1 aromatic rings. The molecule has 7 nitrogen and oxygen atoms in total. The molecule has 1 N–H and O–H groups in total. The standard InChI is InChI=1S/C12H13NO6/c1-2-3-4-19-12(16)9-5-8(11(14)15)6-10(7-9)13(17)18/h5-7H,2-4H2,1H3,(H,14,15). The maximum atomic E-state index is 11.6. The molecule has 0 saturated heterocycles. The van der Waals surface area contributed by atoms with Crippen LogP contribution in [-0.4, -0.2) is 28.6 Å². The number of aromatic carboxylic acids is 1. The van der Waals surface area contributed by atoms with Gasteiger partial charge in [-0.1, -0.05) is 13.3 Å². The van der Waals surface area contributed by atoms with E-state index < -0.39 is 22.5 Å². The van der Waals surface area contributed by atoms with Crippen LogP contribution in [0.3, 0.4) is 0 Å². The van der Waals surface area contributed by atoms with Gasteiger partial charge in [0.05, 0.1) is 22.7 Å². The van der Waals surface area contributed by atoms with E-state index in [4.69, 9.17) is 9.84 Å². The van der Waals surface area contributed by atoms with Gasteiger partial charge >= 0.3 is 11.9 Å². The van der Waals surface area contributed by atoms with Crippen molar-refractivity contribution in [3.8, 4) is 0 Å². The van der Waals surface area contributed by atoms with Crippen molar-refractivity contribution in [3.63, 3.8) is 0 Å². The zero-order valence-electron chi connectivity index (χ0n) is 10.3. The van der Waals surface area contributed by atoms with Gasteiger partial charge in [-0.15, -0.1) is 0 Å². The molecule has 0 fully saturated rings. The minimum Gasteiger partial charge on any atom is -0.478 e. The molecule has 19 heavy (non-hydrogen) atoms. The summed E-state index contributed by atoms with van der Waals surface area (Å²) in [5.41, 5.74) is -0.915. The van der Waals surface area contributed by atoms with Crippen molar-refractivity contribution in [2.75, 3.05) is 6.61 Å². The first-order valence-corrected chi connectivity index (χ1v) is 5.65. The van der Waals surface area contributed by atoms with Crippen LogP contribution in [0.4, 0.5) is 5.69 Å². The lowest BCUT2D eigenvalue weighted by atomic mass is 10.1. The zero-order chi connectivity index (χ0) is 14.4. The van der Waals surface area contributed by atoms with Crippen LogP contribution in [0.25, 0.3) is 0 Å². The average Bonchev–Trinajstić information content (AvgIpc) is 2.38. The van der Waals surface area contributed by atoms with Crippen LogP contribution in [0.15, 0.2) is 18.2 Å². The number of benzene rings is 1. The fraction of sp³-hybridized carbons (Fsp3) is 0.333. The Labute approximate surface area is 109 Å². The lowest BCUT2D eigenvalue weighted by molar-refractivity contribution is -0.384. The first kappa shape index (κ1) is 14.6. The van der Waals surface area contributed by atoms with Crippen molar-refractivity contribution in [3.05, 3.63) is 39.4 Å². The van der Waals surface area contributed by atoms with E-state index >= 15 is 0 Å². The number of carbonyl (C=O) groups is 2. The predicted octanol–water partition coefficient (Wildman–Crippen LogP) is 2.25. The summed E-state index contributed by atoms with van der Waals surface area (Å²) < 4.78 is 4.88. The number of carboxylic acid groups (broad SMARTS) is 1. The normalized spacial score (nSPS) is 9.95. The number of nitrogens with zero attached hydrogens (tertiary/aromatic N) is 1. The highest BCUT2D eigenvalue weighted by Crippen LogP contribution is 2.18. The van der Waals surface area contributed by atoms with Gasteiger partial charge in [0, 0.05) is 12.1 Å². The van der Waals surface area contributed by atoms with E-state index in [1.165, 1.54) is 0 Å². The quantitative estimate of drug-likeness (QED) is 0.366. The molecule has 0 aromatic heterocycles. The van der Waals surface area contributed by atoms with Gasteiger partial charge in [-0.05, 0) is 12.5 Å². The van der Waals surface area contributed by atoms with Crippen LogP contribution in [0, 0.1) is 10.1 Å². The lowest BCUT2D eigenvalue weighted by Crippen LogP contribution is -2.09. The summed E-state index contributed by atoms with van der Waals surface area (Å²) in [6.45, 7) is 2.12. The number of carboxylic acids is 1. The van der Waals surface area contributed by atoms with Gasteiger partial charge in [0.15, 0.2) is 0 Å². The Kier molecular flexibility index (Phi) is 4.99. The van der Waals surface area contributed by atoms with Crippen LogP contribution in [0.2, 0.25) is 0 Å². The summed E-state index contributed by atoms with van der Waals surface area (Å²) in [5, 5.41) is 19.5. The number of esters is 1. The number of non-ortho nitro benzene ring substituents is 1. The van der Waals surface area contributed by atoms with Gasteiger partial charge in [0.2, 0.25) is 0 Å². The highest BCUT2D eigenvalue weighted by Gasteiger charge is 2.18. The van der Waals surface area contributed by atoms with Crippen molar-refractivity contribution in [1.29, 1.82) is 0 Å². The third-order valence-electron chi connectivity index (χ3n) is 2.34. The molecule has 0 aliphatic rings. The Morgan fingerprint density at radius 1 is 1.32 bits per heavy atom. The van der Waals surface area contributed by atoms with Gasteiger partial charge in [0.1, 0.15) is 0 Å². The highest BCUT2D eigenvalue weighted by atomic mass is 16.6. The number of rotatable bonds is 6. The van der Waals surface area contributed by atoms with Gasteiger partial charge in [-0.25, -0.2) is 9.59 Å². The molecule has 0 aliphatic carbocycles. The summed E-state index contributed by atoms with van der Waals surface area (Å²) >= 11 is 0. The van der Waals surface area contributed by atoms with E-state index in [0.717, 1.165) is 24.6 Å². The minimum absolute atomic E-state index is 0.136. The summed E-state index contributed by atoms with van der Waals surface area (Å²) in [5.74, 6) is -2.11. The number of hydrogen-bond donors (Lipinski definition) is 1. The summed E-state index contributed by atoms with van der Waals surface area (Å²) in [7, 11) is 0. The molecule has 0 unspecified atom stereocenters. The number of hydrogen-bond acceptors (Lipinski definition) is 5. The van der Waals surface area contributed by atoms with Crippen LogP contribution < -0.4 is 0 Å². The molecule has 0 atom stereocenters. The fourth-order valence-corrected chi connectivity index (χ4v) is 1.35. The number of nitro benzene ring substituents is 1. The van der Waals surface area contributed by atoms with Crippen molar-refractivity contribution in [2.24, 2.45) is 0 Å². The second kappa shape index (κ2) is 6.48. The SMILES string of the molecule is CCCCOC(=O)c1cc(C(=O)O)cc([N+](=O)[O-])c1. The Bertz CT molecular complexity index is 479. The van der Waals surface area contributed by atoms with Crippen LogP contribution >= 0.6 is 0 Å². The molecule has 1 rings (SSSR count). The molecule has 0 amide bonds. The monoisotopic (exact) mass is 267 g/mol. The molecule has 0 bridgehead atoms. The van der Waals surface area contributed by atoms with Crippen LogP contribution in [-0.2, 0) is 4.74 Å². The molecule has 0 saturated carbocycles. The molecular weight excluding hydrogens is 254 g/mol. The Morgan fingerprint density at radius 3 is 2.47 bits per heavy atom. The predicted molar refractivity (Wildman–Crippen MR) is 65.2 cm³/mol. The van der Waals surface area contributed by atoms with E-state index in [0.29, 0.717) is 6.42 Å². The van der Waals surface area contributed by atoms with Gasteiger partial charge < -0.3 is 9.84 Å². The van der Waals surface area contributed by atoms with Crippen molar-refractivity contribution in [2.45, 2.75) is 19.8 Å². The number of carbonyl (C=O) groups excluding carboxylic acids is 1. The smallest absolute Gasteiger partial charge is 0.338 e. The lowest BCUT2D eigenvalue weighted by Gasteiger charge is -2.05. The molecule has 0 aliphatic heterocycles. The second-order valence-corrected chi connectivity index (χ2v) is 3.82. The molecule has 0 radical (unpaired) electrons. The summed E-state index contributed by atoms with van der Waals surface area (Å²) in [6, 6.07) is 2.95. The highest BCUT2D eigenvalue weighted by molar-refractivity contribution is 5.95. The van der Waals surface area contributed by atoms with E-state index in [9.17, 15) is 19.7 Å². The van der Waals surface area contributed by atoms with Crippen LogP contribution in [0.1, 0.15) is 40.5 Å². The zero-order valence-corrected chi connectivity index (χ0v) is 10.3. The number of nitro groups is 1. The van der Waals surface area contributed by atoms with E-state index in [1.807, 2.05) is 6.92 Å². The molecule has 1 aromatic carbocycles. The first-order chi connectivity index (χ1) is 8.95. The van der Waals surface area contributed by atoms with E-state index in [2.05, 4.69) is 0 Å². The van der Waals surface area contributed by atoms with Crippen molar-refractivity contribution in [1.82, 2.24) is 0 Å². The van der Waals surface area contributed by atoms with Gasteiger partial charge in [-0.3, -0.25) is 10.1 Å². The minimum atomic E-state index is -1.34. The molecule has 0 heterocycles. The molecule has 7 heteroatoms. The third kappa shape index (κ3) is 4.06. The van der Waals surface area contributed by atoms with Crippen molar-refractivity contribution < 1.29 is 24.4 Å². The third-order valence-corrected chi connectivity index (χ3v) is 2.34. The van der Waals surface area contributed by atoms with E-state index in [1.54, 1.807) is 0 Å². The van der Waals surface area contributed by atoms with Gasteiger partial charge in [-0.2, -0.15) is 0 Å². The van der Waals surface area contributed by atoms with Gasteiger partial charge in [0.25, 0.3) is 5.69 Å². The maximum absolute atomic E-state index is 11.6. The number of unbranched alkanes of at least 4 members (excludes halogenated alkanes) is 1. The summed E-state index contributed by atoms with van der Waals surface area (Å²) in [4.78, 5) is 32.4. The Hall–Kier alpha value is -2.44. The summed E-state index contributed by atoms with van der Waals surface area (Å²) in [6.07, 6.45) is 1.51. The van der Waals surface area contributed by atoms with Crippen molar-refractivity contribution >= 4 is 17.6 Å². The fourth-order valence-electron chi connectivity index (χ4n) is 1.35.